The van der Waals surface area contributed by atoms with Crippen LogP contribution in [0.2, 0.25) is 0 Å². The molecule has 0 aliphatic rings. The minimum Gasteiger partial charge on any atom is -0.355 e. The average Bonchev–Trinajstić information content (AvgIpc) is 2.90. The van der Waals surface area contributed by atoms with Crippen LogP contribution in [0.3, 0.4) is 0 Å². The van der Waals surface area contributed by atoms with Crippen LogP contribution in [0, 0.1) is 0 Å². The molecule has 90 valence electrons. The van der Waals surface area contributed by atoms with Crippen molar-refractivity contribution in [1.82, 2.24) is 15.1 Å². The lowest BCUT2D eigenvalue weighted by Gasteiger charge is -2.14. The highest BCUT2D eigenvalue weighted by Crippen LogP contribution is 2.25. The van der Waals surface area contributed by atoms with Gasteiger partial charge in [0.1, 0.15) is 0 Å². The fraction of sp³-hybridized carbons (Fsp3) is 0.333. The van der Waals surface area contributed by atoms with Crippen molar-refractivity contribution in [2.24, 2.45) is 7.05 Å². The van der Waals surface area contributed by atoms with E-state index in [-0.39, 0.29) is 11.8 Å². The Balaban J connectivity index is 2.21. The summed E-state index contributed by atoms with van der Waals surface area (Å²) >= 11 is 1.66. The second-order valence-electron chi connectivity index (χ2n) is 3.99. The number of hydrogen-bond donors (Lipinski definition) is 1. The molecule has 0 saturated carbocycles. The van der Waals surface area contributed by atoms with Crippen LogP contribution < -0.4 is 5.32 Å². The maximum atomic E-state index is 11.0. The summed E-state index contributed by atoms with van der Waals surface area (Å²) in [6, 6.07) is 2.09. The zero-order chi connectivity index (χ0) is 12.3. The van der Waals surface area contributed by atoms with Gasteiger partial charge in [-0.3, -0.25) is 9.48 Å². The van der Waals surface area contributed by atoms with Crippen LogP contribution in [-0.2, 0) is 11.8 Å². The lowest BCUT2D eigenvalue weighted by Crippen LogP contribution is -2.26. The summed E-state index contributed by atoms with van der Waals surface area (Å²) in [6.45, 7) is 2.14. The van der Waals surface area contributed by atoms with Gasteiger partial charge in [0.05, 0.1) is 6.20 Å². The largest absolute Gasteiger partial charge is 0.355 e. The molecule has 0 spiro atoms. The van der Waals surface area contributed by atoms with Crippen molar-refractivity contribution < 1.29 is 4.79 Å². The second kappa shape index (κ2) is 5.14. The van der Waals surface area contributed by atoms with Crippen LogP contribution in [0.25, 0.3) is 0 Å². The summed E-state index contributed by atoms with van der Waals surface area (Å²) in [4.78, 5) is 11.0. The number of carbonyl (C=O) groups excluding carboxylic acids is 1. The highest BCUT2D eigenvalue weighted by Gasteiger charge is 2.16. The third-order valence-corrected chi connectivity index (χ3v) is 3.33. The number of carbonyl (C=O) groups is 1. The molecule has 1 atom stereocenters. The predicted molar refractivity (Wildman–Crippen MR) is 68.1 cm³/mol. The van der Waals surface area contributed by atoms with Crippen LogP contribution in [0.15, 0.2) is 29.2 Å². The van der Waals surface area contributed by atoms with Gasteiger partial charge in [0.15, 0.2) is 0 Å². The van der Waals surface area contributed by atoms with Gasteiger partial charge in [-0.25, -0.2) is 0 Å². The van der Waals surface area contributed by atoms with Gasteiger partial charge in [-0.2, -0.15) is 16.4 Å². The van der Waals surface area contributed by atoms with E-state index in [1.165, 1.54) is 12.5 Å². The highest BCUT2D eigenvalue weighted by molar-refractivity contribution is 7.08. The first-order valence-electron chi connectivity index (χ1n) is 5.42. The molecule has 0 radical (unpaired) electrons. The van der Waals surface area contributed by atoms with Crippen molar-refractivity contribution in [3.63, 3.8) is 0 Å². The third kappa shape index (κ3) is 2.94. The van der Waals surface area contributed by atoms with Gasteiger partial charge >= 0.3 is 0 Å². The molecule has 5 heteroatoms. The molecule has 0 bridgehead atoms. The number of rotatable bonds is 4. The summed E-state index contributed by atoms with van der Waals surface area (Å²) < 4.78 is 1.78. The predicted octanol–water partition coefficient (Wildman–Crippen LogP) is 1.75. The monoisotopic (exact) mass is 249 g/mol. The molecule has 0 aliphatic heterocycles. The van der Waals surface area contributed by atoms with Crippen molar-refractivity contribution in [3.8, 4) is 0 Å². The van der Waals surface area contributed by atoms with Crippen LogP contribution in [-0.4, -0.2) is 22.2 Å². The topological polar surface area (TPSA) is 46.9 Å². The lowest BCUT2D eigenvalue weighted by atomic mass is 9.96. The Bertz CT molecular complexity index is 490. The summed E-state index contributed by atoms with van der Waals surface area (Å²) in [5.74, 6) is 0.174. The fourth-order valence-electron chi connectivity index (χ4n) is 1.77. The van der Waals surface area contributed by atoms with Crippen molar-refractivity contribution in [2.75, 3.05) is 6.54 Å². The van der Waals surface area contributed by atoms with E-state index in [1.54, 1.807) is 16.0 Å². The highest BCUT2D eigenvalue weighted by atomic mass is 32.1. The number of aryl methyl sites for hydroxylation is 1. The number of nitrogens with zero attached hydrogens (tertiary/aromatic N) is 2. The molecule has 1 N–H and O–H groups in total. The van der Waals surface area contributed by atoms with Gasteiger partial charge in [-0.05, 0) is 28.0 Å². The van der Waals surface area contributed by atoms with Gasteiger partial charge in [0, 0.05) is 32.6 Å². The SMILES string of the molecule is CC(=O)NCC(c1ccsc1)c1cnn(C)c1. The molecule has 0 fully saturated rings. The van der Waals surface area contributed by atoms with Crippen LogP contribution in [0.1, 0.15) is 24.0 Å². The lowest BCUT2D eigenvalue weighted by molar-refractivity contribution is -0.118. The zero-order valence-corrected chi connectivity index (χ0v) is 10.7. The van der Waals surface area contributed by atoms with E-state index in [0.717, 1.165) is 5.56 Å². The number of hydrogen-bond acceptors (Lipinski definition) is 3. The van der Waals surface area contributed by atoms with Gasteiger partial charge in [-0.15, -0.1) is 0 Å². The Labute approximate surface area is 104 Å². The third-order valence-electron chi connectivity index (χ3n) is 2.63. The standard InChI is InChI=1S/C12H15N3OS/c1-9(16)13-6-12(10-3-4-17-8-10)11-5-14-15(2)7-11/h3-5,7-8,12H,6H2,1-2H3,(H,13,16). The quantitative estimate of drug-likeness (QED) is 0.897. The van der Waals surface area contributed by atoms with E-state index in [0.29, 0.717) is 6.54 Å². The molecule has 1 unspecified atom stereocenters. The molecule has 2 heterocycles. The summed E-state index contributed by atoms with van der Waals surface area (Å²) in [6.07, 6.45) is 3.84. The molecule has 0 aliphatic carbocycles. The van der Waals surface area contributed by atoms with E-state index in [4.69, 9.17) is 0 Å². The van der Waals surface area contributed by atoms with E-state index >= 15 is 0 Å². The number of aromatic nitrogens is 2. The molecule has 0 saturated heterocycles. The van der Waals surface area contributed by atoms with E-state index in [1.807, 2.05) is 24.8 Å². The number of nitrogens with one attached hydrogen (secondary N) is 1. The van der Waals surface area contributed by atoms with E-state index in [2.05, 4.69) is 21.9 Å². The van der Waals surface area contributed by atoms with Crippen molar-refractivity contribution in [3.05, 3.63) is 40.3 Å². The Morgan fingerprint density at radius 3 is 2.94 bits per heavy atom. The first-order valence-corrected chi connectivity index (χ1v) is 6.36. The Morgan fingerprint density at radius 2 is 2.41 bits per heavy atom. The summed E-state index contributed by atoms with van der Waals surface area (Å²) in [5, 5.41) is 11.2. The summed E-state index contributed by atoms with van der Waals surface area (Å²) in [5.41, 5.74) is 2.34. The summed E-state index contributed by atoms with van der Waals surface area (Å²) in [7, 11) is 1.90. The normalized spacial score (nSPS) is 12.4. The molecule has 2 aromatic rings. The van der Waals surface area contributed by atoms with Crippen molar-refractivity contribution in [1.29, 1.82) is 0 Å². The van der Waals surface area contributed by atoms with E-state index < -0.39 is 0 Å². The Hall–Kier alpha value is -1.62. The Kier molecular flexibility index (Phi) is 3.58. The van der Waals surface area contributed by atoms with Gasteiger partial charge < -0.3 is 5.32 Å². The zero-order valence-electron chi connectivity index (χ0n) is 9.88. The minimum atomic E-state index is -0.00544. The minimum absolute atomic E-state index is 0.00544. The maximum absolute atomic E-state index is 11.0. The molecular weight excluding hydrogens is 234 g/mol. The average molecular weight is 249 g/mol. The van der Waals surface area contributed by atoms with Crippen LogP contribution in [0.5, 0.6) is 0 Å². The van der Waals surface area contributed by atoms with Crippen LogP contribution >= 0.6 is 11.3 Å². The molecular formula is C12H15N3OS. The maximum Gasteiger partial charge on any atom is 0.216 e. The molecule has 0 aromatic carbocycles. The van der Waals surface area contributed by atoms with Crippen molar-refractivity contribution in [2.45, 2.75) is 12.8 Å². The van der Waals surface area contributed by atoms with Gasteiger partial charge in [-0.1, -0.05) is 0 Å². The van der Waals surface area contributed by atoms with Crippen molar-refractivity contribution >= 4 is 17.2 Å². The number of thiophene rings is 1. The fourth-order valence-corrected chi connectivity index (χ4v) is 2.48. The Morgan fingerprint density at radius 1 is 1.59 bits per heavy atom. The van der Waals surface area contributed by atoms with Gasteiger partial charge in [0.25, 0.3) is 0 Å². The smallest absolute Gasteiger partial charge is 0.216 e. The first kappa shape index (κ1) is 11.9. The first-order chi connectivity index (χ1) is 8.16. The number of amides is 1. The molecule has 1 amide bonds. The molecule has 17 heavy (non-hydrogen) atoms. The van der Waals surface area contributed by atoms with Crippen LogP contribution in [0.4, 0.5) is 0 Å². The molecule has 2 rings (SSSR count). The van der Waals surface area contributed by atoms with Gasteiger partial charge in [0.2, 0.25) is 5.91 Å². The van der Waals surface area contributed by atoms with E-state index in [9.17, 15) is 4.79 Å². The second-order valence-corrected chi connectivity index (χ2v) is 4.77. The molecule has 4 nitrogen and oxygen atoms in total. The molecule has 2 aromatic heterocycles.